The van der Waals surface area contributed by atoms with Gasteiger partial charge in [0.05, 0.1) is 24.8 Å². The summed E-state index contributed by atoms with van der Waals surface area (Å²) in [6.07, 6.45) is 5.78. The van der Waals surface area contributed by atoms with E-state index in [1.165, 1.54) is 22.7 Å². The van der Waals surface area contributed by atoms with Gasteiger partial charge in [0.2, 0.25) is 22.1 Å². The number of aryl methyl sites for hydroxylation is 2. The van der Waals surface area contributed by atoms with E-state index < -0.39 is 0 Å². The average Bonchev–Trinajstić information content (AvgIpc) is 3.64. The summed E-state index contributed by atoms with van der Waals surface area (Å²) in [5, 5.41) is 29.2. The average molecular weight is 528 g/mol. The SMILES string of the molecule is Cc1coc(CC(=O)Nc2nnc([C@@H]3CCC[C@@H](c4nnc(NC(=O)Cc5cc(C)no5)s4)C3)s2)c1. The summed E-state index contributed by atoms with van der Waals surface area (Å²) in [4.78, 5) is 24.6. The maximum atomic E-state index is 12.3. The maximum Gasteiger partial charge on any atom is 0.233 e. The quantitative estimate of drug-likeness (QED) is 0.340. The molecule has 2 amide bonds. The third kappa shape index (κ3) is 6.02. The predicted octanol–water partition coefficient (Wildman–Crippen LogP) is 4.39. The third-order valence-electron chi connectivity index (χ3n) is 5.88. The van der Waals surface area contributed by atoms with Crippen molar-refractivity contribution in [3.05, 3.63) is 51.2 Å². The van der Waals surface area contributed by atoms with Crippen LogP contribution >= 0.6 is 22.7 Å². The van der Waals surface area contributed by atoms with Crippen LogP contribution in [-0.4, -0.2) is 37.4 Å². The Balaban J connectivity index is 1.15. The molecule has 0 aliphatic heterocycles. The molecule has 1 saturated carbocycles. The van der Waals surface area contributed by atoms with Crippen LogP contribution in [0.25, 0.3) is 0 Å². The Morgan fingerprint density at radius 1 is 0.917 bits per heavy atom. The lowest BCUT2D eigenvalue weighted by Crippen LogP contribution is -2.13. The normalized spacial score (nSPS) is 17.7. The lowest BCUT2D eigenvalue weighted by molar-refractivity contribution is -0.116. The Kier molecular flexibility index (Phi) is 7.18. The van der Waals surface area contributed by atoms with Crippen molar-refractivity contribution >= 4 is 44.8 Å². The molecule has 2 N–H and O–H groups in total. The number of nitrogens with zero attached hydrogens (tertiary/aromatic N) is 5. The van der Waals surface area contributed by atoms with Gasteiger partial charge in [-0.3, -0.25) is 9.59 Å². The number of rotatable bonds is 8. The van der Waals surface area contributed by atoms with Gasteiger partial charge in [-0.05, 0) is 44.7 Å². The first-order valence-corrected chi connectivity index (χ1v) is 13.3. The largest absolute Gasteiger partial charge is 0.469 e. The molecule has 1 aliphatic rings. The van der Waals surface area contributed by atoms with Gasteiger partial charge in [0.25, 0.3) is 0 Å². The van der Waals surface area contributed by atoms with E-state index in [-0.39, 0.29) is 36.5 Å². The van der Waals surface area contributed by atoms with Crippen molar-refractivity contribution in [1.29, 1.82) is 0 Å². The molecule has 13 heteroatoms. The van der Waals surface area contributed by atoms with E-state index in [9.17, 15) is 9.59 Å². The number of amides is 2. The highest BCUT2D eigenvalue weighted by Gasteiger charge is 2.29. The smallest absolute Gasteiger partial charge is 0.233 e. The number of carbonyl (C=O) groups is 2. The number of carbonyl (C=O) groups excluding carboxylic acids is 2. The Bertz CT molecular complexity index is 1260. The van der Waals surface area contributed by atoms with Gasteiger partial charge in [-0.25, -0.2) is 0 Å². The predicted molar refractivity (Wildman–Crippen MR) is 133 cm³/mol. The highest BCUT2D eigenvalue weighted by Crippen LogP contribution is 2.43. The van der Waals surface area contributed by atoms with Gasteiger partial charge in [0.1, 0.15) is 21.5 Å². The van der Waals surface area contributed by atoms with Gasteiger partial charge >= 0.3 is 0 Å². The number of furan rings is 1. The zero-order valence-corrected chi connectivity index (χ0v) is 21.4. The highest BCUT2D eigenvalue weighted by atomic mass is 32.1. The van der Waals surface area contributed by atoms with Gasteiger partial charge in [-0.15, -0.1) is 20.4 Å². The maximum absolute atomic E-state index is 12.3. The molecule has 4 aromatic rings. The van der Waals surface area contributed by atoms with Gasteiger partial charge in [0.15, 0.2) is 0 Å². The van der Waals surface area contributed by atoms with Crippen LogP contribution in [0.15, 0.2) is 27.3 Å². The highest BCUT2D eigenvalue weighted by molar-refractivity contribution is 7.15. The second-order valence-electron chi connectivity index (χ2n) is 8.93. The standard InChI is InChI=1S/C23H25N7O4S2/c1-12-6-16(33-11-12)9-18(31)24-22-28-26-20(35-22)14-4-3-5-15(8-14)21-27-29-23(36-21)25-19(32)10-17-7-13(2)30-34-17/h6-7,11,14-15H,3-5,8-10H2,1-2H3,(H,24,28,31)(H,25,29,32)/t14-,15-/m1/s1. The second-order valence-corrected chi connectivity index (χ2v) is 10.9. The van der Waals surface area contributed by atoms with Crippen LogP contribution < -0.4 is 10.6 Å². The Hall–Kier alpha value is -3.45. The molecule has 0 spiro atoms. The topological polar surface area (TPSA) is 149 Å². The van der Waals surface area contributed by atoms with Crippen molar-refractivity contribution in [3.63, 3.8) is 0 Å². The molecule has 0 radical (unpaired) electrons. The monoisotopic (exact) mass is 527 g/mol. The minimum atomic E-state index is -0.221. The summed E-state index contributed by atoms with van der Waals surface area (Å²) in [7, 11) is 0. The molecular formula is C23H25N7O4S2. The van der Waals surface area contributed by atoms with Gasteiger partial charge in [-0.2, -0.15) is 0 Å². The number of aromatic nitrogens is 5. The zero-order valence-electron chi connectivity index (χ0n) is 19.8. The van der Waals surface area contributed by atoms with E-state index in [4.69, 9.17) is 8.94 Å². The third-order valence-corrected chi connectivity index (χ3v) is 7.88. The molecule has 1 aliphatic carbocycles. The molecule has 0 aromatic carbocycles. The van der Waals surface area contributed by atoms with Crippen LogP contribution in [-0.2, 0) is 22.4 Å². The van der Waals surface area contributed by atoms with Crippen LogP contribution in [0.5, 0.6) is 0 Å². The van der Waals surface area contributed by atoms with Crippen molar-refractivity contribution in [2.24, 2.45) is 0 Å². The number of hydrogen-bond donors (Lipinski definition) is 2. The first kappa shape index (κ1) is 24.3. The van der Waals surface area contributed by atoms with Crippen LogP contribution in [0.4, 0.5) is 10.3 Å². The van der Waals surface area contributed by atoms with Crippen LogP contribution in [0.3, 0.4) is 0 Å². The molecule has 1 fully saturated rings. The molecule has 188 valence electrons. The molecule has 11 nitrogen and oxygen atoms in total. The van der Waals surface area contributed by atoms with Crippen molar-refractivity contribution < 1.29 is 18.5 Å². The summed E-state index contributed by atoms with van der Waals surface area (Å²) in [6, 6.07) is 3.58. The van der Waals surface area contributed by atoms with Gasteiger partial charge in [-0.1, -0.05) is 34.3 Å². The van der Waals surface area contributed by atoms with Gasteiger partial charge < -0.3 is 19.6 Å². The Morgan fingerprint density at radius 2 is 1.53 bits per heavy atom. The molecule has 36 heavy (non-hydrogen) atoms. The molecule has 5 rings (SSSR count). The van der Waals surface area contributed by atoms with E-state index in [1.807, 2.05) is 13.0 Å². The van der Waals surface area contributed by atoms with E-state index in [1.54, 1.807) is 19.3 Å². The molecule has 0 unspecified atom stereocenters. The zero-order chi connectivity index (χ0) is 25.1. The minimum absolute atomic E-state index is 0.0956. The summed E-state index contributed by atoms with van der Waals surface area (Å²) in [6.45, 7) is 3.72. The molecule has 4 heterocycles. The summed E-state index contributed by atoms with van der Waals surface area (Å²) in [5.41, 5.74) is 1.71. The first-order chi connectivity index (χ1) is 17.4. The summed E-state index contributed by atoms with van der Waals surface area (Å²) in [5.74, 6) is 1.18. The molecular weight excluding hydrogens is 502 g/mol. The molecule has 0 saturated heterocycles. The number of hydrogen-bond acceptors (Lipinski definition) is 11. The van der Waals surface area contributed by atoms with E-state index in [0.717, 1.165) is 47.0 Å². The number of anilines is 2. The fraction of sp³-hybridized carbons (Fsp3) is 0.435. The van der Waals surface area contributed by atoms with E-state index >= 15 is 0 Å². The fourth-order valence-corrected chi connectivity index (χ4v) is 6.08. The van der Waals surface area contributed by atoms with Crippen molar-refractivity contribution in [1.82, 2.24) is 25.6 Å². The lowest BCUT2D eigenvalue weighted by Gasteiger charge is -2.25. The van der Waals surface area contributed by atoms with E-state index in [0.29, 0.717) is 21.8 Å². The minimum Gasteiger partial charge on any atom is -0.469 e. The fourth-order valence-electron chi connectivity index (χ4n) is 4.26. The van der Waals surface area contributed by atoms with Crippen LogP contribution in [0.1, 0.15) is 70.3 Å². The molecule has 2 atom stereocenters. The summed E-state index contributed by atoms with van der Waals surface area (Å²) < 4.78 is 10.4. The lowest BCUT2D eigenvalue weighted by atomic mass is 9.82. The Labute approximate surface area is 214 Å². The number of nitrogens with one attached hydrogen (secondary N) is 2. The second kappa shape index (κ2) is 10.7. The van der Waals surface area contributed by atoms with Crippen molar-refractivity contribution in [2.45, 2.75) is 64.2 Å². The molecule has 4 aromatic heterocycles. The van der Waals surface area contributed by atoms with Crippen molar-refractivity contribution in [3.8, 4) is 0 Å². The first-order valence-electron chi connectivity index (χ1n) is 11.6. The van der Waals surface area contributed by atoms with Crippen LogP contribution in [0.2, 0.25) is 0 Å². The van der Waals surface area contributed by atoms with Crippen LogP contribution in [0, 0.1) is 13.8 Å². The Morgan fingerprint density at radius 3 is 2.06 bits per heavy atom. The summed E-state index contributed by atoms with van der Waals surface area (Å²) >= 11 is 2.81. The van der Waals surface area contributed by atoms with Crippen molar-refractivity contribution in [2.75, 3.05) is 10.6 Å². The van der Waals surface area contributed by atoms with E-state index in [2.05, 4.69) is 36.2 Å². The molecule has 0 bridgehead atoms. The van der Waals surface area contributed by atoms with Gasteiger partial charge in [0, 0.05) is 17.9 Å².